The monoisotopic (exact) mass is 214 g/mol. The summed E-state index contributed by atoms with van der Waals surface area (Å²) in [5.41, 5.74) is 0. The van der Waals surface area contributed by atoms with Crippen LogP contribution in [-0.4, -0.2) is 58.9 Å². The Morgan fingerprint density at radius 3 is 2.73 bits per heavy atom. The highest BCUT2D eigenvalue weighted by Crippen LogP contribution is 2.14. The predicted octanol–water partition coefficient (Wildman–Crippen LogP) is -1.31. The van der Waals surface area contributed by atoms with Gasteiger partial charge in [0.1, 0.15) is 0 Å². The molecule has 3 atom stereocenters. The molecule has 0 aliphatic carbocycles. The smallest absolute Gasteiger partial charge is 0.239 e. The van der Waals surface area contributed by atoms with Gasteiger partial charge in [-0.1, -0.05) is 0 Å². The molecule has 3 N–H and O–H groups in total. The molecule has 15 heavy (non-hydrogen) atoms. The van der Waals surface area contributed by atoms with Crippen LogP contribution in [0.25, 0.3) is 0 Å². The van der Waals surface area contributed by atoms with Gasteiger partial charge >= 0.3 is 0 Å². The van der Waals surface area contributed by atoms with E-state index in [-0.39, 0.29) is 18.1 Å². The Bertz CT molecular complexity index is 247. The van der Waals surface area contributed by atoms with Crippen molar-refractivity contribution in [1.29, 1.82) is 0 Å². The molecule has 0 spiro atoms. The number of hydrogen-bond acceptors (Lipinski definition) is 4. The number of carbonyl (C=O) groups excluding carboxylic acids is 1. The zero-order valence-electron chi connectivity index (χ0n) is 8.72. The number of nitrogens with zero attached hydrogens (tertiary/aromatic N) is 1. The number of aliphatic hydroxyl groups is 2. The molecule has 0 aromatic rings. The molecule has 2 saturated heterocycles. The van der Waals surface area contributed by atoms with Crippen LogP contribution in [0.3, 0.4) is 0 Å². The number of carbonyl (C=O) groups is 1. The lowest BCUT2D eigenvalue weighted by Gasteiger charge is -2.31. The molecule has 1 amide bonds. The van der Waals surface area contributed by atoms with Crippen molar-refractivity contribution < 1.29 is 15.0 Å². The van der Waals surface area contributed by atoms with Crippen LogP contribution in [0.4, 0.5) is 0 Å². The van der Waals surface area contributed by atoms with Gasteiger partial charge in [-0.3, -0.25) is 4.79 Å². The van der Waals surface area contributed by atoms with E-state index < -0.39 is 6.10 Å². The van der Waals surface area contributed by atoms with Crippen LogP contribution in [0.15, 0.2) is 0 Å². The molecule has 0 aromatic carbocycles. The molecule has 3 unspecified atom stereocenters. The summed E-state index contributed by atoms with van der Waals surface area (Å²) >= 11 is 0. The van der Waals surface area contributed by atoms with E-state index in [0.29, 0.717) is 19.5 Å². The average Bonchev–Trinajstić information content (AvgIpc) is 2.64. The van der Waals surface area contributed by atoms with Gasteiger partial charge in [-0.25, -0.2) is 0 Å². The van der Waals surface area contributed by atoms with E-state index in [1.165, 1.54) is 0 Å². The third-order valence-electron chi connectivity index (χ3n) is 3.11. The summed E-state index contributed by atoms with van der Waals surface area (Å²) in [5.74, 6) is 0.0188. The SMILES string of the molecule is O=C(C1CC(O)CN1)N1CCCC(O)C1. The Labute approximate surface area is 89.1 Å². The third kappa shape index (κ3) is 2.48. The molecular weight excluding hydrogens is 196 g/mol. The lowest BCUT2D eigenvalue weighted by molar-refractivity contribution is -0.136. The highest BCUT2D eigenvalue weighted by molar-refractivity contribution is 5.82. The second-order valence-corrected chi connectivity index (χ2v) is 4.43. The Kier molecular flexibility index (Phi) is 3.23. The van der Waals surface area contributed by atoms with Crippen molar-refractivity contribution in [2.24, 2.45) is 0 Å². The maximum Gasteiger partial charge on any atom is 0.239 e. The van der Waals surface area contributed by atoms with Crippen molar-refractivity contribution >= 4 is 5.91 Å². The fourth-order valence-corrected chi connectivity index (χ4v) is 2.28. The van der Waals surface area contributed by atoms with Gasteiger partial charge in [0, 0.05) is 19.6 Å². The van der Waals surface area contributed by atoms with Crippen LogP contribution < -0.4 is 5.32 Å². The number of amides is 1. The highest BCUT2D eigenvalue weighted by Gasteiger charge is 2.32. The van der Waals surface area contributed by atoms with Crippen LogP contribution in [0.5, 0.6) is 0 Å². The number of nitrogens with one attached hydrogen (secondary N) is 1. The Balaban J connectivity index is 1.89. The average molecular weight is 214 g/mol. The molecule has 2 fully saturated rings. The van der Waals surface area contributed by atoms with Gasteiger partial charge in [0.25, 0.3) is 0 Å². The van der Waals surface area contributed by atoms with Gasteiger partial charge in [0.15, 0.2) is 0 Å². The van der Waals surface area contributed by atoms with E-state index in [2.05, 4.69) is 5.32 Å². The second-order valence-electron chi connectivity index (χ2n) is 4.43. The number of hydrogen-bond donors (Lipinski definition) is 3. The minimum absolute atomic E-state index is 0.0188. The maximum atomic E-state index is 11.9. The summed E-state index contributed by atoms with van der Waals surface area (Å²) in [7, 11) is 0. The molecule has 86 valence electrons. The molecule has 5 heteroatoms. The number of aliphatic hydroxyl groups excluding tert-OH is 2. The predicted molar refractivity (Wildman–Crippen MR) is 54.2 cm³/mol. The second kappa shape index (κ2) is 4.47. The van der Waals surface area contributed by atoms with Crippen LogP contribution in [0, 0.1) is 0 Å². The highest BCUT2D eigenvalue weighted by atomic mass is 16.3. The first kappa shape index (κ1) is 10.9. The normalized spacial score (nSPS) is 36.9. The molecule has 0 saturated carbocycles. The minimum Gasteiger partial charge on any atom is -0.392 e. The van der Waals surface area contributed by atoms with Gasteiger partial charge in [-0.05, 0) is 19.3 Å². The van der Waals surface area contributed by atoms with Crippen LogP contribution in [0.1, 0.15) is 19.3 Å². The quantitative estimate of drug-likeness (QED) is 0.507. The zero-order chi connectivity index (χ0) is 10.8. The van der Waals surface area contributed by atoms with Gasteiger partial charge in [0.2, 0.25) is 5.91 Å². The van der Waals surface area contributed by atoms with Crippen LogP contribution >= 0.6 is 0 Å². The first-order valence-electron chi connectivity index (χ1n) is 5.55. The molecular formula is C10H18N2O3. The number of rotatable bonds is 1. The van der Waals surface area contributed by atoms with Crippen LogP contribution in [0.2, 0.25) is 0 Å². The molecule has 2 aliphatic heterocycles. The number of likely N-dealkylation sites (tertiary alicyclic amines) is 1. The lowest BCUT2D eigenvalue weighted by atomic mass is 10.1. The fourth-order valence-electron chi connectivity index (χ4n) is 2.28. The fraction of sp³-hybridized carbons (Fsp3) is 0.900. The summed E-state index contributed by atoms with van der Waals surface area (Å²) in [4.78, 5) is 13.6. The molecule has 2 aliphatic rings. The summed E-state index contributed by atoms with van der Waals surface area (Å²) in [6, 6.07) is -0.259. The molecule has 5 nitrogen and oxygen atoms in total. The van der Waals surface area contributed by atoms with E-state index in [9.17, 15) is 15.0 Å². The molecule has 0 radical (unpaired) electrons. The van der Waals surface area contributed by atoms with Crippen molar-refractivity contribution in [3.05, 3.63) is 0 Å². The first-order valence-corrected chi connectivity index (χ1v) is 5.55. The Morgan fingerprint density at radius 2 is 2.13 bits per heavy atom. The summed E-state index contributed by atoms with van der Waals surface area (Å²) in [6.07, 6.45) is 1.35. The van der Waals surface area contributed by atoms with Crippen molar-refractivity contribution in [3.8, 4) is 0 Å². The molecule has 2 rings (SSSR count). The molecule has 0 bridgehead atoms. The van der Waals surface area contributed by atoms with Crippen LogP contribution in [-0.2, 0) is 4.79 Å². The van der Waals surface area contributed by atoms with E-state index >= 15 is 0 Å². The number of piperidine rings is 1. The largest absolute Gasteiger partial charge is 0.392 e. The van der Waals surface area contributed by atoms with Crippen molar-refractivity contribution in [3.63, 3.8) is 0 Å². The topological polar surface area (TPSA) is 72.8 Å². The summed E-state index contributed by atoms with van der Waals surface area (Å²) in [6.45, 7) is 1.66. The van der Waals surface area contributed by atoms with E-state index in [1.807, 2.05) is 0 Å². The van der Waals surface area contributed by atoms with Gasteiger partial charge in [0.05, 0.1) is 18.2 Å². The van der Waals surface area contributed by atoms with Gasteiger partial charge in [-0.2, -0.15) is 0 Å². The van der Waals surface area contributed by atoms with E-state index in [4.69, 9.17) is 0 Å². The minimum atomic E-state index is -0.409. The third-order valence-corrected chi connectivity index (χ3v) is 3.11. The lowest BCUT2D eigenvalue weighted by Crippen LogP contribution is -2.49. The summed E-state index contributed by atoms with van der Waals surface area (Å²) < 4.78 is 0. The first-order chi connectivity index (χ1) is 7.16. The van der Waals surface area contributed by atoms with Crippen molar-refractivity contribution in [2.45, 2.75) is 37.5 Å². The molecule has 0 aromatic heterocycles. The Morgan fingerprint density at radius 1 is 1.33 bits per heavy atom. The van der Waals surface area contributed by atoms with Gasteiger partial charge in [-0.15, -0.1) is 0 Å². The maximum absolute atomic E-state index is 11.9. The Hall–Kier alpha value is -0.650. The zero-order valence-corrected chi connectivity index (χ0v) is 8.72. The van der Waals surface area contributed by atoms with E-state index in [0.717, 1.165) is 19.4 Å². The summed E-state index contributed by atoms with van der Waals surface area (Å²) in [5, 5.41) is 21.8. The van der Waals surface area contributed by atoms with Crippen molar-refractivity contribution in [1.82, 2.24) is 10.2 Å². The van der Waals surface area contributed by atoms with Crippen molar-refractivity contribution in [2.75, 3.05) is 19.6 Å². The molecule has 2 heterocycles. The van der Waals surface area contributed by atoms with E-state index in [1.54, 1.807) is 4.90 Å². The van der Waals surface area contributed by atoms with Gasteiger partial charge < -0.3 is 20.4 Å². The standard InChI is InChI=1S/C10H18N2O3/c13-7-2-1-3-12(6-7)10(15)9-4-8(14)5-11-9/h7-9,11,13-14H,1-6H2. The number of β-amino-alcohol motifs (C(OH)–C–C–N with tert-alkyl or cyclic N) is 2.